The van der Waals surface area contributed by atoms with Crippen molar-refractivity contribution in [3.8, 4) is 5.75 Å². The standard InChI is InChI=1S/C15H23NOS/c1-11(2)17-13-8-6-12(7-9-13)15(16-3)14-5-4-10-18-14/h6-9,11,14-16H,4-5,10H2,1-3H3. The van der Waals surface area contributed by atoms with Gasteiger partial charge in [-0.3, -0.25) is 0 Å². The Hall–Kier alpha value is -0.670. The topological polar surface area (TPSA) is 21.3 Å². The molecule has 18 heavy (non-hydrogen) atoms. The third kappa shape index (κ3) is 3.42. The summed E-state index contributed by atoms with van der Waals surface area (Å²) in [5, 5.41) is 4.17. The molecular formula is C15H23NOS. The van der Waals surface area contributed by atoms with Crippen LogP contribution in [0.2, 0.25) is 0 Å². The highest BCUT2D eigenvalue weighted by Crippen LogP contribution is 2.36. The third-order valence-corrected chi connectivity index (χ3v) is 4.72. The first-order valence-electron chi connectivity index (χ1n) is 6.76. The average molecular weight is 265 g/mol. The highest BCUT2D eigenvalue weighted by Gasteiger charge is 2.25. The maximum atomic E-state index is 5.68. The summed E-state index contributed by atoms with van der Waals surface area (Å²) in [6, 6.07) is 9.01. The van der Waals surface area contributed by atoms with Gasteiger partial charge in [0, 0.05) is 11.3 Å². The van der Waals surface area contributed by atoms with E-state index >= 15 is 0 Å². The van der Waals surface area contributed by atoms with Crippen LogP contribution in [0, 0.1) is 0 Å². The molecule has 1 aliphatic rings. The van der Waals surface area contributed by atoms with Gasteiger partial charge in [-0.05, 0) is 57.2 Å². The molecule has 100 valence electrons. The Labute approximate surface area is 114 Å². The number of thioether (sulfide) groups is 1. The van der Waals surface area contributed by atoms with E-state index in [9.17, 15) is 0 Å². The van der Waals surface area contributed by atoms with Crippen LogP contribution in [0.15, 0.2) is 24.3 Å². The van der Waals surface area contributed by atoms with E-state index in [1.165, 1.54) is 24.2 Å². The second-order valence-corrected chi connectivity index (χ2v) is 6.40. The number of hydrogen-bond acceptors (Lipinski definition) is 3. The fourth-order valence-corrected chi connectivity index (χ4v) is 3.91. The van der Waals surface area contributed by atoms with Gasteiger partial charge < -0.3 is 10.1 Å². The molecule has 2 atom stereocenters. The molecule has 1 N–H and O–H groups in total. The highest BCUT2D eigenvalue weighted by atomic mass is 32.2. The number of rotatable bonds is 5. The lowest BCUT2D eigenvalue weighted by atomic mass is 10.0. The molecule has 1 aliphatic heterocycles. The summed E-state index contributed by atoms with van der Waals surface area (Å²) < 4.78 is 5.68. The van der Waals surface area contributed by atoms with Gasteiger partial charge >= 0.3 is 0 Å². The van der Waals surface area contributed by atoms with Gasteiger partial charge in [0.1, 0.15) is 5.75 Å². The molecule has 0 spiro atoms. The predicted octanol–water partition coefficient (Wildman–Crippen LogP) is 3.63. The Morgan fingerprint density at radius 2 is 2.00 bits per heavy atom. The van der Waals surface area contributed by atoms with Crippen LogP contribution in [0.25, 0.3) is 0 Å². The van der Waals surface area contributed by atoms with Crippen LogP contribution in [0.4, 0.5) is 0 Å². The molecule has 2 rings (SSSR count). The maximum absolute atomic E-state index is 5.68. The van der Waals surface area contributed by atoms with E-state index in [-0.39, 0.29) is 6.10 Å². The van der Waals surface area contributed by atoms with Crippen molar-refractivity contribution in [3.05, 3.63) is 29.8 Å². The fraction of sp³-hybridized carbons (Fsp3) is 0.600. The molecule has 0 amide bonds. The van der Waals surface area contributed by atoms with Gasteiger partial charge in [0.05, 0.1) is 6.10 Å². The first-order valence-corrected chi connectivity index (χ1v) is 7.81. The lowest BCUT2D eigenvalue weighted by Gasteiger charge is -2.23. The highest BCUT2D eigenvalue weighted by molar-refractivity contribution is 8.00. The van der Waals surface area contributed by atoms with Crippen molar-refractivity contribution in [3.63, 3.8) is 0 Å². The molecule has 1 fully saturated rings. The minimum atomic E-state index is 0.237. The largest absolute Gasteiger partial charge is 0.491 e. The quantitative estimate of drug-likeness (QED) is 0.878. The van der Waals surface area contributed by atoms with Crippen molar-refractivity contribution in [2.24, 2.45) is 0 Å². The van der Waals surface area contributed by atoms with Gasteiger partial charge in [-0.1, -0.05) is 12.1 Å². The van der Waals surface area contributed by atoms with E-state index in [4.69, 9.17) is 4.74 Å². The van der Waals surface area contributed by atoms with Gasteiger partial charge in [-0.25, -0.2) is 0 Å². The Morgan fingerprint density at radius 1 is 1.28 bits per heavy atom. The van der Waals surface area contributed by atoms with Crippen LogP contribution in [0.3, 0.4) is 0 Å². The molecule has 0 bridgehead atoms. The lowest BCUT2D eigenvalue weighted by Crippen LogP contribution is -2.25. The smallest absolute Gasteiger partial charge is 0.119 e. The zero-order chi connectivity index (χ0) is 13.0. The van der Waals surface area contributed by atoms with Gasteiger partial charge in [-0.15, -0.1) is 0 Å². The van der Waals surface area contributed by atoms with E-state index in [2.05, 4.69) is 62.2 Å². The minimum absolute atomic E-state index is 0.237. The summed E-state index contributed by atoms with van der Waals surface area (Å²) in [6.45, 7) is 4.11. The molecule has 1 heterocycles. The van der Waals surface area contributed by atoms with Crippen LogP contribution in [-0.2, 0) is 0 Å². The molecular weight excluding hydrogens is 242 g/mol. The third-order valence-electron chi connectivity index (χ3n) is 3.26. The number of ether oxygens (including phenoxy) is 1. The van der Waals surface area contributed by atoms with Crippen molar-refractivity contribution >= 4 is 11.8 Å². The summed E-state index contributed by atoms with van der Waals surface area (Å²) in [6.07, 6.45) is 2.91. The van der Waals surface area contributed by atoms with Crippen LogP contribution in [0.5, 0.6) is 5.75 Å². The molecule has 3 heteroatoms. The summed E-state index contributed by atoms with van der Waals surface area (Å²) in [5.41, 5.74) is 1.37. The molecule has 0 aromatic heterocycles. The van der Waals surface area contributed by atoms with E-state index in [0.717, 1.165) is 5.75 Å². The van der Waals surface area contributed by atoms with Crippen molar-refractivity contribution < 1.29 is 4.74 Å². The summed E-state index contributed by atoms with van der Waals surface area (Å²) in [4.78, 5) is 0. The fourth-order valence-electron chi connectivity index (χ4n) is 2.46. The molecule has 2 unspecified atom stereocenters. The predicted molar refractivity (Wildman–Crippen MR) is 79.5 cm³/mol. The Balaban J connectivity index is 2.06. The van der Waals surface area contributed by atoms with Crippen molar-refractivity contribution in [1.82, 2.24) is 5.32 Å². The van der Waals surface area contributed by atoms with Crippen LogP contribution < -0.4 is 10.1 Å². The number of hydrogen-bond donors (Lipinski definition) is 1. The van der Waals surface area contributed by atoms with Gasteiger partial charge in [0.15, 0.2) is 0 Å². The Morgan fingerprint density at radius 3 is 2.50 bits per heavy atom. The van der Waals surface area contributed by atoms with Crippen LogP contribution >= 0.6 is 11.8 Å². The zero-order valence-corrected chi connectivity index (χ0v) is 12.3. The number of nitrogens with one attached hydrogen (secondary N) is 1. The van der Waals surface area contributed by atoms with Crippen molar-refractivity contribution in [2.75, 3.05) is 12.8 Å². The van der Waals surface area contributed by atoms with Gasteiger partial charge in [0.25, 0.3) is 0 Å². The minimum Gasteiger partial charge on any atom is -0.491 e. The molecule has 0 radical (unpaired) electrons. The zero-order valence-electron chi connectivity index (χ0n) is 11.5. The van der Waals surface area contributed by atoms with Crippen molar-refractivity contribution in [1.29, 1.82) is 0 Å². The Kier molecular flexibility index (Phi) is 4.95. The summed E-state index contributed by atoms with van der Waals surface area (Å²) in [7, 11) is 2.06. The first kappa shape index (κ1) is 13.8. The van der Waals surface area contributed by atoms with Gasteiger partial charge in [-0.2, -0.15) is 11.8 Å². The Bertz CT molecular complexity index is 357. The molecule has 1 aromatic carbocycles. The van der Waals surface area contributed by atoms with E-state index in [1.54, 1.807) is 0 Å². The maximum Gasteiger partial charge on any atom is 0.119 e. The summed E-state index contributed by atoms with van der Waals surface area (Å²) in [5.74, 6) is 2.26. The molecule has 1 saturated heterocycles. The van der Waals surface area contributed by atoms with Crippen LogP contribution in [-0.4, -0.2) is 24.2 Å². The van der Waals surface area contributed by atoms with E-state index in [0.29, 0.717) is 11.3 Å². The molecule has 1 aromatic rings. The van der Waals surface area contributed by atoms with Gasteiger partial charge in [0.2, 0.25) is 0 Å². The van der Waals surface area contributed by atoms with Crippen LogP contribution in [0.1, 0.15) is 38.3 Å². The van der Waals surface area contributed by atoms with E-state index < -0.39 is 0 Å². The second kappa shape index (κ2) is 6.48. The molecule has 2 nitrogen and oxygen atoms in total. The summed E-state index contributed by atoms with van der Waals surface area (Å²) >= 11 is 2.09. The molecule has 0 aliphatic carbocycles. The lowest BCUT2D eigenvalue weighted by molar-refractivity contribution is 0.242. The average Bonchev–Trinajstić information content (AvgIpc) is 2.85. The van der Waals surface area contributed by atoms with E-state index in [1.807, 2.05) is 0 Å². The second-order valence-electron chi connectivity index (χ2n) is 5.05. The van der Waals surface area contributed by atoms with Crippen molar-refractivity contribution in [2.45, 2.75) is 44.1 Å². The normalized spacial score (nSPS) is 21.2. The molecule has 0 saturated carbocycles. The monoisotopic (exact) mass is 265 g/mol. The number of benzene rings is 1. The first-order chi connectivity index (χ1) is 8.70. The SMILES string of the molecule is CNC(c1ccc(OC(C)C)cc1)C1CCCS1.